The van der Waals surface area contributed by atoms with Crippen molar-refractivity contribution in [3.8, 4) is 0 Å². The minimum absolute atomic E-state index is 0.0594. The molecular formula is C36H54O13. The molecule has 0 bridgehead atoms. The summed E-state index contributed by atoms with van der Waals surface area (Å²) in [6.07, 6.45) is -7.68. The van der Waals surface area contributed by atoms with E-state index in [1.54, 1.807) is 47.6 Å². The van der Waals surface area contributed by atoms with Gasteiger partial charge in [-0.15, -0.1) is 0 Å². The molecule has 14 atom stereocenters. The van der Waals surface area contributed by atoms with Gasteiger partial charge in [0.05, 0.1) is 29.8 Å². The van der Waals surface area contributed by atoms with Gasteiger partial charge >= 0.3 is 0 Å². The molecule has 13 heteroatoms. The van der Waals surface area contributed by atoms with E-state index in [2.05, 4.69) is 0 Å². The average molecular weight is 695 g/mol. The van der Waals surface area contributed by atoms with Crippen LogP contribution in [0.4, 0.5) is 0 Å². The Balaban J connectivity index is 1.57. The van der Waals surface area contributed by atoms with Crippen LogP contribution in [-0.4, -0.2) is 119 Å². The topological polar surface area (TPSA) is 232 Å². The number of carbonyl (C=O) groups excluding carboxylic acids is 3. The van der Waals surface area contributed by atoms with Crippen LogP contribution >= 0.6 is 0 Å². The maximum atomic E-state index is 14.7. The summed E-state index contributed by atoms with van der Waals surface area (Å²) in [7, 11) is 0. The SMILES string of the molecule is CC(C)(O)CCC(=O)[C@](C)(O)[C@H]1[C@H](O)C[C@@]2(C)[C@@H]3[C@@H](O)C=C4[C@@H](C=C(O[C@@H]5O[C@H](CO)[C@@H](O)[C@H](O)[C@H]5O)C(=O)C4(C)C)[C@@]3(C)C(=O)C[C@]12C. The van der Waals surface area contributed by atoms with Crippen molar-refractivity contribution in [3.05, 3.63) is 23.5 Å². The Hall–Kier alpha value is -2.07. The Morgan fingerprint density at radius 1 is 0.939 bits per heavy atom. The van der Waals surface area contributed by atoms with Gasteiger partial charge in [0.2, 0.25) is 12.1 Å². The Morgan fingerprint density at radius 2 is 1.55 bits per heavy atom. The molecular weight excluding hydrogens is 640 g/mol. The summed E-state index contributed by atoms with van der Waals surface area (Å²) in [5, 5.41) is 86.5. The molecule has 0 aromatic carbocycles. The lowest BCUT2D eigenvalue weighted by Crippen LogP contribution is -2.67. The van der Waals surface area contributed by atoms with E-state index in [1.165, 1.54) is 13.0 Å². The molecule has 5 aliphatic rings. The van der Waals surface area contributed by atoms with Gasteiger partial charge in [-0.3, -0.25) is 14.4 Å². The molecule has 49 heavy (non-hydrogen) atoms. The fraction of sp³-hybridized carbons (Fsp3) is 0.806. The molecule has 13 nitrogen and oxygen atoms in total. The lowest BCUT2D eigenvalue weighted by molar-refractivity contribution is -0.291. The normalized spacial score (nSPS) is 46.1. The molecule has 0 spiro atoms. The highest BCUT2D eigenvalue weighted by Gasteiger charge is 2.76. The summed E-state index contributed by atoms with van der Waals surface area (Å²) in [5.74, 6) is -4.42. The zero-order valence-electron chi connectivity index (χ0n) is 29.6. The minimum atomic E-state index is -2.06. The highest BCUT2D eigenvalue weighted by Crippen LogP contribution is 2.74. The Labute approximate surface area is 286 Å². The molecule has 0 radical (unpaired) electrons. The predicted molar refractivity (Wildman–Crippen MR) is 172 cm³/mol. The van der Waals surface area contributed by atoms with Crippen LogP contribution in [0.1, 0.15) is 81.1 Å². The number of rotatable bonds is 8. The second-order valence-electron chi connectivity index (χ2n) is 17.2. The van der Waals surface area contributed by atoms with Crippen LogP contribution in [0.2, 0.25) is 0 Å². The summed E-state index contributed by atoms with van der Waals surface area (Å²) in [6, 6.07) is 0. The number of hydrogen-bond acceptors (Lipinski definition) is 13. The number of ether oxygens (including phenoxy) is 2. The predicted octanol–water partition coefficient (Wildman–Crippen LogP) is 0.0727. The number of aliphatic hydroxyl groups is 8. The summed E-state index contributed by atoms with van der Waals surface area (Å²) in [5.41, 5.74) is -7.59. The zero-order chi connectivity index (χ0) is 37.0. The number of carbonyl (C=O) groups is 3. The summed E-state index contributed by atoms with van der Waals surface area (Å²) in [6.45, 7) is 12.3. The molecule has 276 valence electrons. The Kier molecular flexibility index (Phi) is 9.34. The van der Waals surface area contributed by atoms with Crippen LogP contribution in [0.15, 0.2) is 23.5 Å². The van der Waals surface area contributed by atoms with Crippen molar-refractivity contribution in [3.63, 3.8) is 0 Å². The van der Waals surface area contributed by atoms with Crippen molar-refractivity contribution in [2.24, 2.45) is 39.4 Å². The van der Waals surface area contributed by atoms with Crippen LogP contribution in [0, 0.1) is 39.4 Å². The van der Waals surface area contributed by atoms with Crippen molar-refractivity contribution in [2.75, 3.05) is 6.61 Å². The van der Waals surface area contributed by atoms with Crippen LogP contribution in [0.5, 0.6) is 0 Å². The molecule has 4 aliphatic carbocycles. The smallest absolute Gasteiger partial charge is 0.229 e. The second kappa shape index (κ2) is 12.0. The van der Waals surface area contributed by atoms with E-state index in [4.69, 9.17) is 9.47 Å². The first-order valence-electron chi connectivity index (χ1n) is 17.1. The third kappa shape index (κ3) is 5.50. The summed E-state index contributed by atoms with van der Waals surface area (Å²) < 4.78 is 11.4. The number of aliphatic hydroxyl groups excluding tert-OH is 6. The first-order valence-corrected chi connectivity index (χ1v) is 17.1. The molecule has 5 rings (SSSR count). The first kappa shape index (κ1) is 38.2. The maximum Gasteiger partial charge on any atom is 0.229 e. The van der Waals surface area contributed by atoms with Gasteiger partial charge in [-0.2, -0.15) is 0 Å². The average Bonchev–Trinajstić information content (AvgIpc) is 3.19. The highest BCUT2D eigenvalue weighted by molar-refractivity contribution is 6.02. The van der Waals surface area contributed by atoms with Gasteiger partial charge < -0.3 is 50.3 Å². The van der Waals surface area contributed by atoms with E-state index in [-0.39, 0.29) is 37.2 Å². The van der Waals surface area contributed by atoms with Gasteiger partial charge in [0.15, 0.2) is 11.5 Å². The third-order valence-electron chi connectivity index (χ3n) is 13.2. The van der Waals surface area contributed by atoms with Crippen molar-refractivity contribution < 1.29 is 64.7 Å². The van der Waals surface area contributed by atoms with Crippen LogP contribution in [0.25, 0.3) is 0 Å². The van der Waals surface area contributed by atoms with E-state index in [0.717, 1.165) is 0 Å². The van der Waals surface area contributed by atoms with Crippen molar-refractivity contribution in [2.45, 2.75) is 135 Å². The standard InChI is InChI=1S/C36H54O13/c1-31(2,46)10-9-22(40)36(8,47)28-19(39)13-33(5)27-18(38)11-16-17(35(27,7)23(41)14-34(28,33)6)12-20(29(45)32(16,3)4)48-30-26(44)25(43)24(42)21(15-37)49-30/h11-12,17-19,21,24-28,30,37-39,42-44,46-47H,9-10,13-15H2,1-8H3/t17-,18+,19-,21-,24-,25+,26-,27+,28+,30-,33+,34-,35+,36+/m1/s1. The number of Topliss-reactive ketones (excluding diaryl/α,β-unsaturated/α-hetero) is 3. The lowest BCUT2D eigenvalue weighted by Gasteiger charge is -2.64. The molecule has 0 amide bonds. The molecule has 8 N–H and O–H groups in total. The van der Waals surface area contributed by atoms with Gasteiger partial charge in [0.25, 0.3) is 0 Å². The Bertz CT molecular complexity index is 1440. The fourth-order valence-electron chi connectivity index (χ4n) is 10.3. The van der Waals surface area contributed by atoms with E-state index >= 15 is 0 Å². The van der Waals surface area contributed by atoms with Gasteiger partial charge in [0.1, 0.15) is 35.8 Å². The molecule has 0 unspecified atom stereocenters. The monoisotopic (exact) mass is 694 g/mol. The number of ketones is 3. The van der Waals surface area contributed by atoms with Gasteiger partial charge in [-0.05, 0) is 64.4 Å². The summed E-state index contributed by atoms with van der Waals surface area (Å²) in [4.78, 5) is 42.1. The second-order valence-corrected chi connectivity index (χ2v) is 17.2. The molecule has 3 fully saturated rings. The van der Waals surface area contributed by atoms with Gasteiger partial charge in [0, 0.05) is 36.0 Å². The van der Waals surface area contributed by atoms with Crippen molar-refractivity contribution in [1.29, 1.82) is 0 Å². The first-order chi connectivity index (χ1) is 22.3. The molecule has 1 aliphatic heterocycles. The molecule has 2 saturated carbocycles. The van der Waals surface area contributed by atoms with Crippen LogP contribution in [0.3, 0.4) is 0 Å². The Morgan fingerprint density at radius 3 is 2.12 bits per heavy atom. The fourth-order valence-corrected chi connectivity index (χ4v) is 10.3. The van der Waals surface area contributed by atoms with E-state index in [1.807, 2.05) is 6.92 Å². The number of allylic oxidation sites excluding steroid dienone is 3. The van der Waals surface area contributed by atoms with E-state index < -0.39 is 112 Å². The maximum absolute atomic E-state index is 14.7. The van der Waals surface area contributed by atoms with Crippen molar-refractivity contribution >= 4 is 17.3 Å². The number of fused-ring (bicyclic) bond motifs is 5. The quantitative estimate of drug-likeness (QED) is 0.158. The molecule has 0 aromatic rings. The van der Waals surface area contributed by atoms with Crippen LogP contribution in [-0.2, 0) is 23.9 Å². The van der Waals surface area contributed by atoms with E-state index in [9.17, 15) is 55.2 Å². The van der Waals surface area contributed by atoms with Crippen molar-refractivity contribution in [1.82, 2.24) is 0 Å². The van der Waals surface area contributed by atoms with Gasteiger partial charge in [-0.1, -0.05) is 32.4 Å². The molecule has 1 heterocycles. The van der Waals surface area contributed by atoms with Crippen LogP contribution < -0.4 is 0 Å². The molecule has 0 aromatic heterocycles. The van der Waals surface area contributed by atoms with E-state index in [0.29, 0.717) is 5.57 Å². The largest absolute Gasteiger partial charge is 0.459 e. The summed E-state index contributed by atoms with van der Waals surface area (Å²) >= 11 is 0. The van der Waals surface area contributed by atoms with Gasteiger partial charge in [-0.25, -0.2) is 0 Å². The third-order valence-corrected chi connectivity index (χ3v) is 13.2. The lowest BCUT2D eigenvalue weighted by atomic mass is 9.38. The molecule has 1 saturated heterocycles. The highest BCUT2D eigenvalue weighted by atomic mass is 16.7. The number of hydrogen-bond donors (Lipinski definition) is 8. The zero-order valence-corrected chi connectivity index (χ0v) is 29.6. The minimum Gasteiger partial charge on any atom is -0.459 e.